The van der Waals surface area contributed by atoms with Crippen molar-refractivity contribution in [2.45, 2.75) is 33.5 Å². The van der Waals surface area contributed by atoms with Crippen LogP contribution >= 0.6 is 0 Å². The summed E-state index contributed by atoms with van der Waals surface area (Å²) in [5.41, 5.74) is 2.31. The molecule has 146 valence electrons. The first-order chi connectivity index (χ1) is 13.5. The molecule has 1 aromatic heterocycles. The number of aromatic nitrogens is 2. The van der Waals surface area contributed by atoms with E-state index < -0.39 is 5.97 Å². The summed E-state index contributed by atoms with van der Waals surface area (Å²) in [5.74, 6) is 1.17. The number of esters is 1. The number of carbonyl (C=O) groups is 1. The first-order valence-electron chi connectivity index (χ1n) is 8.87. The number of carbonyl (C=O) groups excluding carboxylic acids is 1. The SMILES string of the molecule is COc1cc(C(=O)OCc2nc(-c3ccc(C)cc3)no2)ccc1OC(C)C. The maximum Gasteiger partial charge on any atom is 0.338 e. The van der Waals surface area contributed by atoms with Gasteiger partial charge >= 0.3 is 5.97 Å². The summed E-state index contributed by atoms with van der Waals surface area (Å²) in [6.45, 7) is 5.71. The fourth-order valence-electron chi connectivity index (χ4n) is 2.49. The number of benzene rings is 2. The van der Waals surface area contributed by atoms with Gasteiger partial charge in [-0.05, 0) is 39.0 Å². The summed E-state index contributed by atoms with van der Waals surface area (Å²) >= 11 is 0. The average Bonchev–Trinajstić information content (AvgIpc) is 3.15. The molecule has 3 aromatic rings. The third-order valence-corrected chi connectivity index (χ3v) is 3.87. The van der Waals surface area contributed by atoms with E-state index in [1.165, 1.54) is 7.11 Å². The van der Waals surface area contributed by atoms with Gasteiger partial charge in [-0.2, -0.15) is 4.98 Å². The third-order valence-electron chi connectivity index (χ3n) is 3.87. The van der Waals surface area contributed by atoms with Crippen molar-refractivity contribution in [3.63, 3.8) is 0 Å². The van der Waals surface area contributed by atoms with Gasteiger partial charge < -0.3 is 18.7 Å². The Bertz CT molecular complexity index is 948. The van der Waals surface area contributed by atoms with Crippen LogP contribution in [0.25, 0.3) is 11.4 Å². The van der Waals surface area contributed by atoms with E-state index in [9.17, 15) is 4.79 Å². The lowest BCUT2D eigenvalue weighted by Crippen LogP contribution is -2.09. The fraction of sp³-hybridized carbons (Fsp3) is 0.286. The molecule has 0 aliphatic carbocycles. The zero-order chi connectivity index (χ0) is 20.1. The lowest BCUT2D eigenvalue weighted by Gasteiger charge is -2.14. The zero-order valence-electron chi connectivity index (χ0n) is 16.3. The van der Waals surface area contributed by atoms with Gasteiger partial charge in [-0.15, -0.1) is 0 Å². The molecule has 3 rings (SSSR count). The molecule has 0 bridgehead atoms. The average molecular weight is 382 g/mol. The van der Waals surface area contributed by atoms with Crippen LogP contribution in [0.15, 0.2) is 47.0 Å². The van der Waals surface area contributed by atoms with Crippen LogP contribution in [0.5, 0.6) is 11.5 Å². The van der Waals surface area contributed by atoms with E-state index in [-0.39, 0.29) is 18.6 Å². The number of rotatable bonds is 7. The van der Waals surface area contributed by atoms with Crippen molar-refractivity contribution in [2.24, 2.45) is 0 Å². The van der Waals surface area contributed by atoms with Gasteiger partial charge in [-0.1, -0.05) is 35.0 Å². The number of aryl methyl sites for hydroxylation is 1. The second-order valence-corrected chi connectivity index (χ2v) is 6.49. The maximum absolute atomic E-state index is 12.3. The largest absolute Gasteiger partial charge is 0.493 e. The summed E-state index contributed by atoms with van der Waals surface area (Å²) in [7, 11) is 1.52. The highest BCUT2D eigenvalue weighted by atomic mass is 16.6. The van der Waals surface area contributed by atoms with Crippen LogP contribution in [0.2, 0.25) is 0 Å². The number of ether oxygens (including phenoxy) is 3. The highest BCUT2D eigenvalue weighted by Gasteiger charge is 2.15. The molecule has 0 unspecified atom stereocenters. The molecule has 0 saturated heterocycles. The van der Waals surface area contributed by atoms with Crippen LogP contribution in [-0.4, -0.2) is 29.3 Å². The lowest BCUT2D eigenvalue weighted by atomic mass is 10.1. The molecule has 1 heterocycles. The smallest absolute Gasteiger partial charge is 0.338 e. The molecule has 0 radical (unpaired) electrons. The van der Waals surface area contributed by atoms with Gasteiger partial charge in [0.25, 0.3) is 5.89 Å². The number of nitrogens with zero attached hydrogens (tertiary/aromatic N) is 2. The van der Waals surface area contributed by atoms with E-state index >= 15 is 0 Å². The fourth-order valence-corrected chi connectivity index (χ4v) is 2.49. The van der Waals surface area contributed by atoms with Crippen LogP contribution < -0.4 is 9.47 Å². The summed E-state index contributed by atoms with van der Waals surface area (Å²) < 4.78 is 21.4. The van der Waals surface area contributed by atoms with Crippen LogP contribution in [-0.2, 0) is 11.3 Å². The van der Waals surface area contributed by atoms with Crippen molar-refractivity contribution in [2.75, 3.05) is 7.11 Å². The predicted molar refractivity (Wildman–Crippen MR) is 102 cm³/mol. The van der Waals surface area contributed by atoms with Crippen LogP contribution in [0.1, 0.15) is 35.7 Å². The molecule has 2 aromatic carbocycles. The van der Waals surface area contributed by atoms with E-state index in [4.69, 9.17) is 18.7 Å². The van der Waals surface area contributed by atoms with Gasteiger partial charge in [0.05, 0.1) is 18.8 Å². The minimum absolute atomic E-state index is 0.00745. The molecule has 0 spiro atoms. The van der Waals surface area contributed by atoms with Crippen molar-refractivity contribution >= 4 is 5.97 Å². The quantitative estimate of drug-likeness (QED) is 0.566. The molecule has 7 heteroatoms. The Labute approximate surface area is 163 Å². The molecular weight excluding hydrogens is 360 g/mol. The topological polar surface area (TPSA) is 83.7 Å². The van der Waals surface area contributed by atoms with Gasteiger partial charge in [0.1, 0.15) is 0 Å². The van der Waals surface area contributed by atoms with Crippen LogP contribution in [0.4, 0.5) is 0 Å². The second-order valence-electron chi connectivity index (χ2n) is 6.49. The summed E-state index contributed by atoms with van der Waals surface area (Å²) in [5, 5.41) is 3.92. The van der Waals surface area contributed by atoms with Gasteiger partial charge in [0.2, 0.25) is 5.82 Å². The van der Waals surface area contributed by atoms with Gasteiger partial charge in [0, 0.05) is 5.56 Å². The molecular formula is C21H22N2O5. The van der Waals surface area contributed by atoms with Gasteiger partial charge in [-0.25, -0.2) is 4.79 Å². The van der Waals surface area contributed by atoms with Crippen LogP contribution in [0, 0.1) is 6.92 Å². The Morgan fingerprint density at radius 2 is 1.86 bits per heavy atom. The molecule has 0 aliphatic heterocycles. The third kappa shape index (κ3) is 4.68. The molecule has 0 amide bonds. The Morgan fingerprint density at radius 1 is 1.11 bits per heavy atom. The molecule has 0 aliphatic rings. The summed E-state index contributed by atoms with van der Waals surface area (Å²) in [4.78, 5) is 16.6. The molecule has 7 nitrogen and oxygen atoms in total. The van der Waals surface area contributed by atoms with Crippen molar-refractivity contribution in [1.29, 1.82) is 0 Å². The zero-order valence-corrected chi connectivity index (χ0v) is 16.3. The summed E-state index contributed by atoms with van der Waals surface area (Å²) in [6, 6.07) is 12.6. The second kappa shape index (κ2) is 8.56. The Balaban J connectivity index is 1.65. The molecule has 0 N–H and O–H groups in total. The van der Waals surface area contributed by atoms with E-state index in [1.54, 1.807) is 18.2 Å². The maximum atomic E-state index is 12.3. The van der Waals surface area contributed by atoms with Crippen LogP contribution in [0.3, 0.4) is 0 Å². The Morgan fingerprint density at radius 3 is 2.54 bits per heavy atom. The number of methoxy groups -OCH3 is 1. The molecule has 28 heavy (non-hydrogen) atoms. The van der Waals surface area contributed by atoms with Crippen molar-refractivity contribution in [1.82, 2.24) is 10.1 Å². The minimum Gasteiger partial charge on any atom is -0.493 e. The van der Waals surface area contributed by atoms with E-state index in [2.05, 4.69) is 10.1 Å². The van der Waals surface area contributed by atoms with E-state index in [1.807, 2.05) is 45.0 Å². The number of hydrogen-bond acceptors (Lipinski definition) is 7. The van der Waals surface area contributed by atoms with Crippen molar-refractivity contribution < 1.29 is 23.5 Å². The molecule has 0 fully saturated rings. The first-order valence-corrected chi connectivity index (χ1v) is 8.87. The van der Waals surface area contributed by atoms with Crippen molar-refractivity contribution in [3.05, 3.63) is 59.5 Å². The Kier molecular flexibility index (Phi) is 5.93. The standard InChI is InChI=1S/C21H22N2O5/c1-13(2)27-17-10-9-16(11-18(17)25-4)21(24)26-12-19-22-20(23-28-19)15-7-5-14(3)6-8-15/h5-11,13H,12H2,1-4H3. The predicted octanol–water partition coefficient (Wildman–Crippen LogP) is 4.20. The highest BCUT2D eigenvalue weighted by Crippen LogP contribution is 2.29. The van der Waals surface area contributed by atoms with E-state index in [0.29, 0.717) is 22.9 Å². The van der Waals surface area contributed by atoms with E-state index in [0.717, 1.165) is 11.1 Å². The molecule has 0 saturated carbocycles. The monoisotopic (exact) mass is 382 g/mol. The normalized spacial score (nSPS) is 10.8. The minimum atomic E-state index is -0.524. The van der Waals surface area contributed by atoms with Gasteiger partial charge in [-0.3, -0.25) is 0 Å². The number of hydrogen-bond donors (Lipinski definition) is 0. The van der Waals surface area contributed by atoms with Gasteiger partial charge in [0.15, 0.2) is 18.1 Å². The van der Waals surface area contributed by atoms with Crippen molar-refractivity contribution in [3.8, 4) is 22.9 Å². The highest BCUT2D eigenvalue weighted by molar-refractivity contribution is 5.90. The lowest BCUT2D eigenvalue weighted by molar-refractivity contribution is 0.0429. The Hall–Kier alpha value is -3.35. The summed E-state index contributed by atoms with van der Waals surface area (Å²) in [6.07, 6.45) is -0.00745. The first kappa shape index (κ1) is 19.4. The molecule has 0 atom stereocenters.